The summed E-state index contributed by atoms with van der Waals surface area (Å²) in [6.45, 7) is 3.45. The van der Waals surface area contributed by atoms with Crippen LogP contribution < -0.4 is 5.32 Å². The number of aromatic nitrogens is 2. The third kappa shape index (κ3) is 5.83. The zero-order valence-electron chi connectivity index (χ0n) is 20.3. The average molecular weight is 535 g/mol. The van der Waals surface area contributed by atoms with Gasteiger partial charge < -0.3 is 10.1 Å². The molecule has 1 aliphatic rings. The molecule has 1 aliphatic heterocycles. The maximum absolute atomic E-state index is 12.8. The third-order valence-electron chi connectivity index (χ3n) is 5.93. The van der Waals surface area contributed by atoms with Gasteiger partial charge in [-0.1, -0.05) is 53.7 Å². The van der Waals surface area contributed by atoms with Crippen molar-refractivity contribution < 1.29 is 17.9 Å². The van der Waals surface area contributed by atoms with E-state index in [2.05, 4.69) is 5.32 Å². The fraction of sp³-hybridized carbons (Fsp3) is 0.222. The van der Waals surface area contributed by atoms with Crippen LogP contribution in [0.25, 0.3) is 22.3 Å². The van der Waals surface area contributed by atoms with Crippen molar-refractivity contribution in [2.24, 2.45) is 0 Å². The zero-order valence-corrected chi connectivity index (χ0v) is 21.9. The Hall–Kier alpha value is -3.31. The third-order valence-corrected chi connectivity index (χ3v) is 8.84. The lowest BCUT2D eigenvalue weighted by molar-refractivity contribution is -0.113. The smallest absolute Gasteiger partial charge is 0.243 e. The Morgan fingerprint density at radius 1 is 1.00 bits per heavy atom. The molecule has 1 amide bonds. The van der Waals surface area contributed by atoms with Gasteiger partial charge in [0, 0.05) is 29.7 Å². The molecule has 4 aromatic rings. The van der Waals surface area contributed by atoms with Gasteiger partial charge >= 0.3 is 0 Å². The van der Waals surface area contributed by atoms with Crippen LogP contribution in [0.5, 0.6) is 0 Å². The van der Waals surface area contributed by atoms with Crippen LogP contribution >= 0.6 is 11.8 Å². The van der Waals surface area contributed by atoms with Crippen LogP contribution in [0, 0.1) is 6.92 Å². The van der Waals surface area contributed by atoms with Gasteiger partial charge in [-0.2, -0.15) is 4.31 Å². The number of anilines is 1. The highest BCUT2D eigenvalue weighted by Gasteiger charge is 2.26. The Morgan fingerprint density at radius 3 is 2.46 bits per heavy atom. The molecule has 10 heteroatoms. The van der Waals surface area contributed by atoms with Crippen molar-refractivity contribution in [3.63, 3.8) is 0 Å². The van der Waals surface area contributed by atoms with Gasteiger partial charge in [-0.3, -0.25) is 4.79 Å². The predicted molar refractivity (Wildman–Crippen MR) is 145 cm³/mol. The first-order valence-electron chi connectivity index (χ1n) is 11.8. The minimum absolute atomic E-state index is 0.141. The van der Waals surface area contributed by atoms with Crippen LogP contribution in [0.4, 0.5) is 5.69 Å². The number of rotatable bonds is 7. The van der Waals surface area contributed by atoms with E-state index < -0.39 is 10.0 Å². The lowest BCUT2D eigenvalue weighted by Crippen LogP contribution is -2.40. The van der Waals surface area contributed by atoms with Crippen LogP contribution in [0.3, 0.4) is 0 Å². The number of aryl methyl sites for hydroxylation is 1. The fourth-order valence-electron chi connectivity index (χ4n) is 4.02. The number of sulfonamides is 1. The van der Waals surface area contributed by atoms with Crippen molar-refractivity contribution in [3.05, 3.63) is 78.4 Å². The van der Waals surface area contributed by atoms with E-state index >= 15 is 0 Å². The van der Waals surface area contributed by atoms with Crippen LogP contribution in [0.2, 0.25) is 0 Å². The number of benzene rings is 3. The number of carbonyl (C=O) groups excluding carboxylic acids is 1. The van der Waals surface area contributed by atoms with Crippen molar-refractivity contribution >= 4 is 44.3 Å². The molecule has 0 aliphatic carbocycles. The Morgan fingerprint density at radius 2 is 1.73 bits per heavy atom. The van der Waals surface area contributed by atoms with E-state index in [1.165, 1.54) is 28.2 Å². The molecule has 0 bridgehead atoms. The first kappa shape index (κ1) is 25.3. The second-order valence-corrected chi connectivity index (χ2v) is 11.5. The number of morpholine rings is 1. The summed E-state index contributed by atoms with van der Waals surface area (Å²) in [5, 5.41) is 4.47. The molecular formula is C27H26N4O4S2. The van der Waals surface area contributed by atoms with Gasteiger partial charge in [-0.25, -0.2) is 18.4 Å². The average Bonchev–Trinajstić information content (AvgIpc) is 2.93. The molecular weight excluding hydrogens is 508 g/mol. The van der Waals surface area contributed by atoms with Gasteiger partial charge in [0.15, 0.2) is 5.82 Å². The summed E-state index contributed by atoms with van der Waals surface area (Å²) in [5.41, 5.74) is 3.34. The molecule has 1 aromatic heterocycles. The lowest BCUT2D eigenvalue weighted by atomic mass is 10.1. The summed E-state index contributed by atoms with van der Waals surface area (Å²) in [5.74, 6) is 0.536. The van der Waals surface area contributed by atoms with Gasteiger partial charge in [0.25, 0.3) is 0 Å². The van der Waals surface area contributed by atoms with Gasteiger partial charge in [-0.05, 0) is 43.3 Å². The van der Waals surface area contributed by atoms with Crippen LogP contribution in [0.15, 0.2) is 82.7 Å². The Kier molecular flexibility index (Phi) is 7.52. The van der Waals surface area contributed by atoms with Gasteiger partial charge in [0.05, 0.1) is 29.4 Å². The quantitative estimate of drug-likeness (QED) is 0.278. The minimum Gasteiger partial charge on any atom is -0.379 e. The number of nitrogens with zero attached hydrogens (tertiary/aromatic N) is 3. The van der Waals surface area contributed by atoms with Crippen LogP contribution in [0.1, 0.15) is 5.56 Å². The molecule has 1 N–H and O–H groups in total. The van der Waals surface area contributed by atoms with Crippen molar-refractivity contribution in [1.82, 2.24) is 14.3 Å². The molecule has 190 valence electrons. The molecule has 0 atom stereocenters. The minimum atomic E-state index is -3.58. The summed E-state index contributed by atoms with van der Waals surface area (Å²) < 4.78 is 32.3. The number of fused-ring (bicyclic) bond motifs is 1. The Balaban J connectivity index is 1.29. The molecule has 2 heterocycles. The highest BCUT2D eigenvalue weighted by Crippen LogP contribution is 2.29. The molecule has 0 unspecified atom stereocenters. The molecule has 0 spiro atoms. The summed E-state index contributed by atoms with van der Waals surface area (Å²) in [4.78, 5) is 22.4. The predicted octanol–water partition coefficient (Wildman–Crippen LogP) is 4.36. The van der Waals surface area contributed by atoms with Gasteiger partial charge in [0.2, 0.25) is 15.9 Å². The second kappa shape index (κ2) is 11.0. The Bertz CT molecular complexity index is 1520. The van der Waals surface area contributed by atoms with Gasteiger partial charge in [-0.15, -0.1) is 0 Å². The summed E-state index contributed by atoms with van der Waals surface area (Å²) in [7, 11) is -3.58. The van der Waals surface area contributed by atoms with E-state index in [0.29, 0.717) is 37.8 Å². The Labute approximate surface area is 220 Å². The molecule has 37 heavy (non-hydrogen) atoms. The number of hydrogen-bond donors (Lipinski definition) is 1. The van der Waals surface area contributed by atoms with Crippen molar-refractivity contribution in [3.8, 4) is 11.4 Å². The van der Waals surface area contributed by atoms with E-state index in [0.717, 1.165) is 27.1 Å². The van der Waals surface area contributed by atoms with E-state index in [9.17, 15) is 13.2 Å². The highest BCUT2D eigenvalue weighted by atomic mass is 32.2. The first-order chi connectivity index (χ1) is 17.9. The number of ether oxygens (including phenoxy) is 1. The van der Waals surface area contributed by atoms with Crippen molar-refractivity contribution in [2.75, 3.05) is 37.4 Å². The molecule has 1 saturated heterocycles. The van der Waals surface area contributed by atoms with E-state index in [1.54, 1.807) is 12.1 Å². The summed E-state index contributed by atoms with van der Waals surface area (Å²) in [6.07, 6.45) is 0. The summed E-state index contributed by atoms with van der Waals surface area (Å²) >= 11 is 1.34. The SMILES string of the molecule is Cc1ccc2nc(-c3ccccc3)nc(SCC(=O)Nc3ccc(S(=O)(=O)N4CCOCC4)cc3)c2c1. The van der Waals surface area contributed by atoms with E-state index in [4.69, 9.17) is 14.7 Å². The molecule has 0 radical (unpaired) electrons. The molecule has 3 aromatic carbocycles. The summed E-state index contributed by atoms with van der Waals surface area (Å²) in [6, 6.07) is 22.0. The van der Waals surface area contributed by atoms with E-state index in [-0.39, 0.29) is 16.6 Å². The standard InChI is InChI=1S/C27H26N4O4S2/c1-19-7-12-24-23(17-19)27(30-26(29-24)20-5-3-2-4-6-20)36-18-25(32)28-21-8-10-22(11-9-21)37(33,34)31-13-15-35-16-14-31/h2-12,17H,13-16,18H2,1H3,(H,28,32). The molecule has 1 fully saturated rings. The number of hydrogen-bond acceptors (Lipinski definition) is 7. The monoisotopic (exact) mass is 534 g/mol. The maximum Gasteiger partial charge on any atom is 0.243 e. The van der Waals surface area contributed by atoms with Crippen LogP contribution in [-0.2, 0) is 19.6 Å². The first-order valence-corrected chi connectivity index (χ1v) is 14.3. The number of amides is 1. The molecule has 5 rings (SSSR count). The number of thioether (sulfide) groups is 1. The van der Waals surface area contributed by atoms with Crippen molar-refractivity contribution in [1.29, 1.82) is 0 Å². The van der Waals surface area contributed by atoms with Crippen LogP contribution in [-0.4, -0.2) is 60.7 Å². The second-order valence-electron chi connectivity index (χ2n) is 8.62. The topological polar surface area (TPSA) is 101 Å². The highest BCUT2D eigenvalue weighted by molar-refractivity contribution is 8.00. The largest absolute Gasteiger partial charge is 0.379 e. The lowest BCUT2D eigenvalue weighted by Gasteiger charge is -2.26. The zero-order chi connectivity index (χ0) is 25.8. The van der Waals surface area contributed by atoms with Crippen molar-refractivity contribution in [2.45, 2.75) is 16.8 Å². The number of carbonyl (C=O) groups is 1. The number of nitrogens with one attached hydrogen (secondary N) is 1. The normalized spacial score (nSPS) is 14.5. The van der Waals surface area contributed by atoms with Gasteiger partial charge in [0.1, 0.15) is 5.03 Å². The fourth-order valence-corrected chi connectivity index (χ4v) is 6.24. The van der Waals surface area contributed by atoms with E-state index in [1.807, 2.05) is 55.5 Å². The molecule has 0 saturated carbocycles. The maximum atomic E-state index is 12.8. The molecule has 8 nitrogen and oxygen atoms in total.